The summed E-state index contributed by atoms with van der Waals surface area (Å²) in [5, 5.41) is 3.05. The summed E-state index contributed by atoms with van der Waals surface area (Å²) in [6, 6.07) is 13.0. The zero-order valence-corrected chi connectivity index (χ0v) is 19.1. The number of hydrogen-bond acceptors (Lipinski definition) is 5. The van der Waals surface area contributed by atoms with E-state index in [1.165, 1.54) is 0 Å². The quantitative estimate of drug-likeness (QED) is 0.647. The first-order chi connectivity index (χ1) is 15.5. The number of para-hydroxylation sites is 1. The van der Waals surface area contributed by atoms with E-state index in [1.807, 2.05) is 29.2 Å². The Hall–Kier alpha value is -3.22. The molecule has 7 heteroatoms. The second-order valence-electron chi connectivity index (χ2n) is 7.92. The Morgan fingerprint density at radius 2 is 1.62 bits per heavy atom. The van der Waals surface area contributed by atoms with Crippen molar-refractivity contribution in [2.75, 3.05) is 41.0 Å². The lowest BCUT2D eigenvalue weighted by Crippen LogP contribution is -2.41. The first-order valence-corrected chi connectivity index (χ1v) is 11.0. The third kappa shape index (κ3) is 5.93. The van der Waals surface area contributed by atoms with Gasteiger partial charge in [0.1, 0.15) is 5.75 Å². The van der Waals surface area contributed by atoms with Gasteiger partial charge in [0, 0.05) is 31.6 Å². The Bertz CT molecular complexity index is 922. The third-order valence-corrected chi connectivity index (χ3v) is 5.93. The van der Waals surface area contributed by atoms with Crippen molar-refractivity contribution in [1.29, 1.82) is 0 Å². The Morgan fingerprint density at radius 1 is 0.938 bits per heavy atom. The minimum atomic E-state index is -0.00903. The van der Waals surface area contributed by atoms with Gasteiger partial charge in [0.2, 0.25) is 5.91 Å². The van der Waals surface area contributed by atoms with E-state index in [1.54, 1.807) is 39.5 Å². The molecule has 2 aromatic rings. The molecule has 0 unspecified atom stereocenters. The Kier molecular flexibility index (Phi) is 8.36. The number of carbonyl (C=O) groups excluding carboxylic acids is 2. The molecule has 1 fully saturated rings. The summed E-state index contributed by atoms with van der Waals surface area (Å²) >= 11 is 0. The second kappa shape index (κ2) is 11.4. The zero-order valence-electron chi connectivity index (χ0n) is 19.1. The normalized spacial score (nSPS) is 14.0. The summed E-state index contributed by atoms with van der Waals surface area (Å²) in [6.45, 7) is 1.99. The molecule has 0 saturated carbocycles. The van der Waals surface area contributed by atoms with Crippen molar-refractivity contribution in [2.45, 2.75) is 25.7 Å². The molecule has 0 aromatic heterocycles. The number of methoxy groups -OCH3 is 3. The fraction of sp³-hybridized carbons (Fsp3) is 0.440. The summed E-state index contributed by atoms with van der Waals surface area (Å²) in [4.78, 5) is 27.0. The predicted octanol–water partition coefficient (Wildman–Crippen LogP) is 3.31. The van der Waals surface area contributed by atoms with E-state index in [0.29, 0.717) is 55.5 Å². The molecule has 3 rings (SSSR count). The average molecular weight is 441 g/mol. The molecular weight excluding hydrogens is 408 g/mol. The number of nitrogens with one attached hydrogen (secondary N) is 1. The smallest absolute Gasteiger partial charge is 0.253 e. The summed E-state index contributed by atoms with van der Waals surface area (Å²) in [6.07, 6.45) is 2.81. The van der Waals surface area contributed by atoms with Crippen LogP contribution >= 0.6 is 0 Å². The average Bonchev–Trinajstić information content (AvgIpc) is 2.85. The molecule has 1 heterocycles. The molecule has 1 aliphatic heterocycles. The summed E-state index contributed by atoms with van der Waals surface area (Å²) < 4.78 is 15.9. The van der Waals surface area contributed by atoms with Gasteiger partial charge in [-0.1, -0.05) is 18.2 Å². The summed E-state index contributed by atoms with van der Waals surface area (Å²) in [5.74, 6) is 2.37. The second-order valence-corrected chi connectivity index (χ2v) is 7.92. The van der Waals surface area contributed by atoms with Gasteiger partial charge >= 0.3 is 0 Å². The lowest BCUT2D eigenvalue weighted by molar-refractivity contribution is -0.121. The van der Waals surface area contributed by atoms with Crippen molar-refractivity contribution >= 4 is 11.8 Å². The van der Waals surface area contributed by atoms with Gasteiger partial charge in [0.25, 0.3) is 5.91 Å². The highest BCUT2D eigenvalue weighted by Gasteiger charge is 2.24. The number of ether oxygens (including phenoxy) is 3. The lowest BCUT2D eigenvalue weighted by Gasteiger charge is -2.32. The van der Waals surface area contributed by atoms with E-state index in [2.05, 4.69) is 5.32 Å². The third-order valence-electron chi connectivity index (χ3n) is 5.93. The van der Waals surface area contributed by atoms with Crippen LogP contribution in [0, 0.1) is 5.92 Å². The number of nitrogens with zero attached hydrogens (tertiary/aromatic N) is 1. The highest BCUT2D eigenvalue weighted by atomic mass is 16.5. The SMILES string of the molecule is COc1ccccc1CCC(=O)NCC1CCN(C(=O)c2ccc(OC)c(OC)c2)CC1. The predicted molar refractivity (Wildman–Crippen MR) is 122 cm³/mol. The van der Waals surface area contributed by atoms with Crippen LogP contribution in [-0.4, -0.2) is 57.7 Å². The Morgan fingerprint density at radius 3 is 2.31 bits per heavy atom. The molecule has 0 aliphatic carbocycles. The molecule has 0 radical (unpaired) electrons. The van der Waals surface area contributed by atoms with Crippen molar-refractivity contribution in [3.8, 4) is 17.2 Å². The zero-order chi connectivity index (χ0) is 22.9. The van der Waals surface area contributed by atoms with Crippen molar-refractivity contribution < 1.29 is 23.8 Å². The van der Waals surface area contributed by atoms with Crippen molar-refractivity contribution in [3.63, 3.8) is 0 Å². The molecule has 0 atom stereocenters. The van der Waals surface area contributed by atoms with Gasteiger partial charge in [-0.3, -0.25) is 9.59 Å². The maximum absolute atomic E-state index is 12.9. The largest absolute Gasteiger partial charge is 0.496 e. The van der Waals surface area contributed by atoms with Crippen LogP contribution in [-0.2, 0) is 11.2 Å². The number of benzene rings is 2. The number of piperidine rings is 1. The number of amides is 2. The van der Waals surface area contributed by atoms with Gasteiger partial charge in [-0.15, -0.1) is 0 Å². The number of carbonyl (C=O) groups is 2. The molecule has 32 heavy (non-hydrogen) atoms. The Balaban J connectivity index is 1.43. The number of likely N-dealkylation sites (tertiary alicyclic amines) is 1. The van der Waals surface area contributed by atoms with Crippen LogP contribution < -0.4 is 19.5 Å². The maximum Gasteiger partial charge on any atom is 0.253 e. The molecule has 0 spiro atoms. The van der Waals surface area contributed by atoms with Crippen molar-refractivity contribution in [3.05, 3.63) is 53.6 Å². The van der Waals surface area contributed by atoms with Gasteiger partial charge in [-0.25, -0.2) is 0 Å². The van der Waals surface area contributed by atoms with Crippen LogP contribution in [0.5, 0.6) is 17.2 Å². The van der Waals surface area contributed by atoms with E-state index in [-0.39, 0.29) is 11.8 Å². The molecule has 2 aromatic carbocycles. The first kappa shape index (κ1) is 23.4. The first-order valence-electron chi connectivity index (χ1n) is 11.0. The summed E-state index contributed by atoms with van der Waals surface area (Å²) in [5.41, 5.74) is 1.62. The monoisotopic (exact) mass is 440 g/mol. The highest BCUT2D eigenvalue weighted by Crippen LogP contribution is 2.29. The van der Waals surface area contributed by atoms with Gasteiger partial charge < -0.3 is 24.4 Å². The van der Waals surface area contributed by atoms with Crippen molar-refractivity contribution in [2.24, 2.45) is 5.92 Å². The van der Waals surface area contributed by atoms with Gasteiger partial charge in [-0.2, -0.15) is 0 Å². The van der Waals surface area contributed by atoms with Crippen LogP contribution in [0.25, 0.3) is 0 Å². The van der Waals surface area contributed by atoms with E-state index < -0.39 is 0 Å². The summed E-state index contributed by atoms with van der Waals surface area (Å²) in [7, 11) is 4.77. The molecule has 2 amide bonds. The van der Waals surface area contributed by atoms with Crippen LogP contribution in [0.2, 0.25) is 0 Å². The molecule has 7 nitrogen and oxygen atoms in total. The van der Waals surface area contributed by atoms with Crippen LogP contribution in [0.3, 0.4) is 0 Å². The lowest BCUT2D eigenvalue weighted by atomic mass is 9.96. The van der Waals surface area contributed by atoms with E-state index in [4.69, 9.17) is 14.2 Å². The minimum Gasteiger partial charge on any atom is -0.496 e. The number of rotatable bonds is 9. The number of aryl methyl sites for hydroxylation is 1. The van der Waals surface area contributed by atoms with Gasteiger partial charge in [0.15, 0.2) is 11.5 Å². The molecular formula is C25H32N2O5. The topological polar surface area (TPSA) is 77.1 Å². The van der Waals surface area contributed by atoms with Crippen molar-refractivity contribution in [1.82, 2.24) is 10.2 Å². The molecule has 1 saturated heterocycles. The molecule has 1 N–H and O–H groups in total. The minimum absolute atomic E-state index is 0.00903. The van der Waals surface area contributed by atoms with Gasteiger partial charge in [0.05, 0.1) is 21.3 Å². The van der Waals surface area contributed by atoms with E-state index in [0.717, 1.165) is 24.2 Å². The van der Waals surface area contributed by atoms with Crippen LogP contribution in [0.15, 0.2) is 42.5 Å². The molecule has 1 aliphatic rings. The van der Waals surface area contributed by atoms with Crippen LogP contribution in [0.4, 0.5) is 0 Å². The standard InChI is InChI=1S/C25H32N2O5/c1-30-21-7-5-4-6-19(21)9-11-24(28)26-17-18-12-14-27(15-13-18)25(29)20-8-10-22(31-2)23(16-20)32-3/h4-8,10,16,18H,9,11-15,17H2,1-3H3,(H,26,28). The Labute approximate surface area is 189 Å². The van der Waals surface area contributed by atoms with Gasteiger partial charge in [-0.05, 0) is 55.0 Å². The number of hydrogen-bond donors (Lipinski definition) is 1. The van der Waals surface area contributed by atoms with Crippen LogP contribution in [0.1, 0.15) is 35.2 Å². The fourth-order valence-corrected chi connectivity index (χ4v) is 4.00. The highest BCUT2D eigenvalue weighted by molar-refractivity contribution is 5.95. The molecule has 0 bridgehead atoms. The van der Waals surface area contributed by atoms with E-state index in [9.17, 15) is 9.59 Å². The van der Waals surface area contributed by atoms with E-state index >= 15 is 0 Å². The maximum atomic E-state index is 12.9. The molecule has 172 valence electrons. The fourth-order valence-electron chi connectivity index (χ4n) is 4.00.